The fraction of sp³-hybridized carbons (Fsp3) is 0.100. The minimum atomic E-state index is -0.972. The first-order valence-corrected chi connectivity index (χ1v) is 9.45. The number of amides is 1. The number of para-hydroxylation sites is 2. The minimum absolute atomic E-state index is 0.329. The number of fused-ring (bicyclic) bond motifs is 1. The van der Waals surface area contributed by atoms with Crippen LogP contribution in [0.1, 0.15) is 17.3 Å². The molecule has 0 saturated carbocycles. The lowest BCUT2D eigenvalue weighted by Gasteiger charge is -2.13. The smallest absolute Gasteiger partial charge is 0.339 e. The summed E-state index contributed by atoms with van der Waals surface area (Å²) in [7, 11) is 0. The molecular formula is C20H16N4O3S. The van der Waals surface area contributed by atoms with Crippen LogP contribution >= 0.6 is 11.3 Å². The SMILES string of the molecule is CC(OC(=O)c1ccccc1-c1nc2ccccc2[nH]1)C(=O)Nc1nccs1. The van der Waals surface area contributed by atoms with Gasteiger partial charge < -0.3 is 9.72 Å². The zero-order valence-corrected chi connectivity index (χ0v) is 15.7. The van der Waals surface area contributed by atoms with Crippen molar-refractivity contribution >= 4 is 39.4 Å². The highest BCUT2D eigenvalue weighted by atomic mass is 32.1. The molecule has 2 N–H and O–H groups in total. The van der Waals surface area contributed by atoms with E-state index < -0.39 is 18.0 Å². The van der Waals surface area contributed by atoms with Gasteiger partial charge in [0.15, 0.2) is 11.2 Å². The minimum Gasteiger partial charge on any atom is -0.449 e. The maximum absolute atomic E-state index is 12.7. The molecule has 0 aliphatic heterocycles. The van der Waals surface area contributed by atoms with Gasteiger partial charge in [0.1, 0.15) is 5.82 Å². The van der Waals surface area contributed by atoms with Gasteiger partial charge in [-0.15, -0.1) is 11.3 Å². The zero-order valence-electron chi connectivity index (χ0n) is 14.9. The van der Waals surface area contributed by atoms with Crippen molar-refractivity contribution in [3.05, 3.63) is 65.7 Å². The molecule has 0 spiro atoms. The van der Waals surface area contributed by atoms with E-state index in [-0.39, 0.29) is 0 Å². The molecule has 140 valence electrons. The van der Waals surface area contributed by atoms with E-state index in [1.165, 1.54) is 18.3 Å². The molecule has 4 rings (SSSR count). The summed E-state index contributed by atoms with van der Waals surface area (Å²) in [4.78, 5) is 36.7. The summed E-state index contributed by atoms with van der Waals surface area (Å²) < 4.78 is 5.37. The third-order valence-corrected chi connectivity index (χ3v) is 4.80. The van der Waals surface area contributed by atoms with Gasteiger partial charge in [0.05, 0.1) is 16.6 Å². The molecule has 0 aliphatic carbocycles. The van der Waals surface area contributed by atoms with Crippen molar-refractivity contribution < 1.29 is 14.3 Å². The number of hydrogen-bond donors (Lipinski definition) is 2. The number of nitrogens with zero attached hydrogens (tertiary/aromatic N) is 2. The molecule has 7 nitrogen and oxygen atoms in total. The second-order valence-corrected chi connectivity index (χ2v) is 6.92. The summed E-state index contributed by atoms with van der Waals surface area (Å²) in [5, 5.41) is 4.82. The number of hydrogen-bond acceptors (Lipinski definition) is 6. The molecule has 1 unspecified atom stereocenters. The standard InChI is InChI=1S/C20H16N4O3S/c1-12(18(25)24-20-21-10-11-28-20)27-19(26)14-7-3-2-6-13(14)17-22-15-8-4-5-9-16(15)23-17/h2-12H,1H3,(H,22,23)(H,21,24,25). The van der Waals surface area contributed by atoms with Crippen LogP contribution in [-0.2, 0) is 9.53 Å². The Morgan fingerprint density at radius 1 is 1.14 bits per heavy atom. The number of ether oxygens (including phenoxy) is 1. The van der Waals surface area contributed by atoms with Crippen molar-refractivity contribution in [2.75, 3.05) is 5.32 Å². The lowest BCUT2D eigenvalue weighted by Crippen LogP contribution is -2.30. The van der Waals surface area contributed by atoms with E-state index in [9.17, 15) is 9.59 Å². The lowest BCUT2D eigenvalue weighted by molar-refractivity contribution is -0.123. The molecule has 0 fully saturated rings. The molecule has 1 amide bonds. The number of thiazole rings is 1. The highest BCUT2D eigenvalue weighted by Crippen LogP contribution is 2.25. The first-order valence-electron chi connectivity index (χ1n) is 8.57. The van der Waals surface area contributed by atoms with Gasteiger partial charge in [-0.25, -0.2) is 14.8 Å². The third-order valence-electron chi connectivity index (χ3n) is 4.11. The van der Waals surface area contributed by atoms with Crippen molar-refractivity contribution in [2.24, 2.45) is 0 Å². The number of aromatic nitrogens is 3. The molecule has 0 bridgehead atoms. The summed E-state index contributed by atoms with van der Waals surface area (Å²) in [6.07, 6.45) is 0.612. The summed E-state index contributed by atoms with van der Waals surface area (Å²) >= 11 is 1.29. The summed E-state index contributed by atoms with van der Waals surface area (Å²) in [5.41, 5.74) is 2.61. The zero-order chi connectivity index (χ0) is 19.5. The highest BCUT2D eigenvalue weighted by Gasteiger charge is 2.22. The monoisotopic (exact) mass is 392 g/mol. The molecule has 2 heterocycles. The fourth-order valence-corrected chi connectivity index (χ4v) is 3.25. The lowest BCUT2D eigenvalue weighted by atomic mass is 10.1. The molecule has 2 aromatic carbocycles. The number of H-pyrrole nitrogens is 1. The average Bonchev–Trinajstić information content (AvgIpc) is 3.37. The number of rotatable bonds is 5. The van der Waals surface area contributed by atoms with Gasteiger partial charge in [-0.3, -0.25) is 10.1 Å². The first kappa shape index (κ1) is 17.9. The van der Waals surface area contributed by atoms with Crippen LogP contribution in [0.3, 0.4) is 0 Å². The quantitative estimate of drug-likeness (QED) is 0.503. The number of benzene rings is 2. The summed E-state index contributed by atoms with van der Waals surface area (Å²) in [6.45, 7) is 1.52. The van der Waals surface area contributed by atoms with E-state index in [1.807, 2.05) is 30.3 Å². The molecule has 0 radical (unpaired) electrons. The molecule has 8 heteroatoms. The molecule has 4 aromatic rings. The van der Waals surface area contributed by atoms with Crippen LogP contribution in [0.2, 0.25) is 0 Å². The highest BCUT2D eigenvalue weighted by molar-refractivity contribution is 7.13. The Morgan fingerprint density at radius 3 is 2.71 bits per heavy atom. The molecule has 0 aliphatic rings. The van der Waals surface area contributed by atoms with E-state index >= 15 is 0 Å². The number of anilines is 1. The van der Waals surface area contributed by atoms with E-state index in [0.29, 0.717) is 22.1 Å². The van der Waals surface area contributed by atoms with E-state index in [4.69, 9.17) is 4.74 Å². The van der Waals surface area contributed by atoms with E-state index in [2.05, 4.69) is 20.3 Å². The number of carbonyl (C=O) groups excluding carboxylic acids is 2. The second kappa shape index (κ2) is 7.61. The van der Waals surface area contributed by atoms with Crippen molar-refractivity contribution in [1.29, 1.82) is 0 Å². The third kappa shape index (κ3) is 3.63. The van der Waals surface area contributed by atoms with Crippen LogP contribution in [0, 0.1) is 0 Å². The Balaban J connectivity index is 1.55. The fourth-order valence-electron chi connectivity index (χ4n) is 2.72. The number of nitrogens with one attached hydrogen (secondary N) is 2. The maximum atomic E-state index is 12.7. The first-order chi connectivity index (χ1) is 13.6. The van der Waals surface area contributed by atoms with Crippen LogP contribution in [0.15, 0.2) is 60.1 Å². The number of imidazole rings is 1. The van der Waals surface area contributed by atoms with Crippen molar-refractivity contribution in [1.82, 2.24) is 15.0 Å². The predicted octanol–water partition coefficient (Wildman–Crippen LogP) is 3.87. The van der Waals surface area contributed by atoms with Gasteiger partial charge in [0.25, 0.3) is 5.91 Å². The number of aromatic amines is 1. The van der Waals surface area contributed by atoms with Crippen LogP contribution in [-0.4, -0.2) is 32.9 Å². The van der Waals surface area contributed by atoms with Crippen molar-refractivity contribution in [3.63, 3.8) is 0 Å². The Bertz CT molecular complexity index is 1100. The molecular weight excluding hydrogens is 376 g/mol. The maximum Gasteiger partial charge on any atom is 0.339 e. The largest absolute Gasteiger partial charge is 0.449 e. The number of esters is 1. The van der Waals surface area contributed by atoms with Gasteiger partial charge >= 0.3 is 5.97 Å². The van der Waals surface area contributed by atoms with E-state index in [0.717, 1.165) is 11.0 Å². The molecule has 28 heavy (non-hydrogen) atoms. The van der Waals surface area contributed by atoms with Crippen LogP contribution in [0.25, 0.3) is 22.4 Å². The second-order valence-electron chi connectivity index (χ2n) is 6.02. The van der Waals surface area contributed by atoms with Gasteiger partial charge in [0.2, 0.25) is 0 Å². The summed E-state index contributed by atoms with van der Waals surface area (Å²) in [5.74, 6) is -0.476. The van der Waals surface area contributed by atoms with Gasteiger partial charge in [-0.2, -0.15) is 0 Å². The molecule has 2 aromatic heterocycles. The number of carbonyl (C=O) groups is 2. The molecule has 0 saturated heterocycles. The van der Waals surface area contributed by atoms with Gasteiger partial charge in [-0.1, -0.05) is 30.3 Å². The van der Waals surface area contributed by atoms with Crippen molar-refractivity contribution in [3.8, 4) is 11.4 Å². The normalized spacial score (nSPS) is 11.9. The van der Waals surface area contributed by atoms with Crippen LogP contribution in [0.5, 0.6) is 0 Å². The van der Waals surface area contributed by atoms with E-state index in [1.54, 1.807) is 29.8 Å². The van der Waals surface area contributed by atoms with Gasteiger partial charge in [-0.05, 0) is 25.1 Å². The topological polar surface area (TPSA) is 97.0 Å². The van der Waals surface area contributed by atoms with Crippen LogP contribution in [0.4, 0.5) is 5.13 Å². The Hall–Kier alpha value is -3.52. The van der Waals surface area contributed by atoms with Crippen molar-refractivity contribution in [2.45, 2.75) is 13.0 Å². The Labute approximate surface area is 164 Å². The average molecular weight is 392 g/mol. The van der Waals surface area contributed by atoms with Crippen LogP contribution < -0.4 is 5.32 Å². The Kier molecular flexibility index (Phi) is 4.86. The van der Waals surface area contributed by atoms with Gasteiger partial charge in [0, 0.05) is 17.1 Å². The predicted molar refractivity (Wildman–Crippen MR) is 107 cm³/mol. The molecule has 1 atom stereocenters. The summed E-state index contributed by atoms with van der Waals surface area (Å²) in [6, 6.07) is 14.6. The Morgan fingerprint density at radius 2 is 1.93 bits per heavy atom.